The zero-order chi connectivity index (χ0) is 15.1. The Balaban J connectivity index is 2.06. The summed E-state index contributed by atoms with van der Waals surface area (Å²) in [6, 6.07) is 8.97. The van der Waals surface area contributed by atoms with Gasteiger partial charge < -0.3 is 15.4 Å². The normalized spacial score (nSPS) is 20.5. The van der Waals surface area contributed by atoms with E-state index in [1.54, 1.807) is 0 Å². The molecule has 1 aromatic rings. The molecule has 118 valence electrons. The molecule has 1 aromatic carbocycles. The van der Waals surface area contributed by atoms with Crippen LogP contribution >= 0.6 is 0 Å². The third-order valence-electron chi connectivity index (χ3n) is 4.27. The molecule has 0 saturated carbocycles. The van der Waals surface area contributed by atoms with E-state index in [0.29, 0.717) is 6.10 Å². The van der Waals surface area contributed by atoms with Crippen molar-refractivity contribution in [2.45, 2.75) is 58.1 Å². The Morgan fingerprint density at radius 3 is 2.90 bits per heavy atom. The van der Waals surface area contributed by atoms with E-state index in [4.69, 9.17) is 10.5 Å². The maximum absolute atomic E-state index is 6.15. The number of hydrogen-bond donors (Lipinski definition) is 1. The second-order valence-electron chi connectivity index (χ2n) is 6.08. The predicted molar refractivity (Wildman–Crippen MR) is 89.9 cm³/mol. The molecular formula is C18H30N2O. The van der Waals surface area contributed by atoms with E-state index in [1.807, 2.05) is 0 Å². The minimum absolute atomic E-state index is 0.253. The number of ether oxygens (including phenoxy) is 1. The van der Waals surface area contributed by atoms with Crippen molar-refractivity contribution in [3.8, 4) is 0 Å². The van der Waals surface area contributed by atoms with E-state index >= 15 is 0 Å². The summed E-state index contributed by atoms with van der Waals surface area (Å²) in [5, 5.41) is 0. The van der Waals surface area contributed by atoms with Gasteiger partial charge in [0.2, 0.25) is 0 Å². The molecule has 2 unspecified atom stereocenters. The van der Waals surface area contributed by atoms with Crippen LogP contribution in [0.1, 0.15) is 45.1 Å². The van der Waals surface area contributed by atoms with Crippen molar-refractivity contribution in [2.75, 3.05) is 24.6 Å². The van der Waals surface area contributed by atoms with Crippen LogP contribution in [0, 0.1) is 0 Å². The Labute approximate surface area is 129 Å². The Morgan fingerprint density at radius 2 is 2.14 bits per heavy atom. The SMILES string of the molecule is CCCOC1CCCN(c2ccccc2CC(N)CC)C1. The van der Waals surface area contributed by atoms with Gasteiger partial charge in [0.25, 0.3) is 0 Å². The van der Waals surface area contributed by atoms with Crippen LogP contribution in [0.15, 0.2) is 24.3 Å². The van der Waals surface area contributed by atoms with Crippen molar-refractivity contribution in [1.82, 2.24) is 0 Å². The van der Waals surface area contributed by atoms with Crippen molar-refractivity contribution in [3.63, 3.8) is 0 Å². The van der Waals surface area contributed by atoms with Gasteiger partial charge in [-0.05, 0) is 43.7 Å². The number of nitrogens with zero attached hydrogens (tertiary/aromatic N) is 1. The third-order valence-corrected chi connectivity index (χ3v) is 4.27. The van der Waals surface area contributed by atoms with Crippen molar-refractivity contribution in [2.24, 2.45) is 5.73 Å². The van der Waals surface area contributed by atoms with E-state index in [2.05, 4.69) is 43.0 Å². The zero-order valence-corrected chi connectivity index (χ0v) is 13.6. The average molecular weight is 290 g/mol. The summed E-state index contributed by atoms with van der Waals surface area (Å²) in [6.45, 7) is 7.34. The number of piperidine rings is 1. The van der Waals surface area contributed by atoms with Gasteiger partial charge in [-0.3, -0.25) is 0 Å². The van der Waals surface area contributed by atoms with Gasteiger partial charge in [-0.2, -0.15) is 0 Å². The van der Waals surface area contributed by atoms with E-state index in [0.717, 1.165) is 39.0 Å². The zero-order valence-electron chi connectivity index (χ0n) is 13.6. The fourth-order valence-corrected chi connectivity index (χ4v) is 3.00. The van der Waals surface area contributed by atoms with Crippen molar-refractivity contribution < 1.29 is 4.74 Å². The first-order valence-corrected chi connectivity index (χ1v) is 8.44. The second kappa shape index (κ2) is 8.40. The quantitative estimate of drug-likeness (QED) is 0.837. The lowest BCUT2D eigenvalue weighted by Crippen LogP contribution is -2.40. The van der Waals surface area contributed by atoms with Crippen LogP contribution in [-0.2, 0) is 11.2 Å². The first-order chi connectivity index (χ1) is 10.2. The average Bonchev–Trinajstić information content (AvgIpc) is 2.53. The highest BCUT2D eigenvalue weighted by atomic mass is 16.5. The fourth-order valence-electron chi connectivity index (χ4n) is 3.00. The first kappa shape index (κ1) is 16.3. The predicted octanol–water partition coefficient (Wildman–Crippen LogP) is 3.36. The maximum atomic E-state index is 6.15. The van der Waals surface area contributed by atoms with Crippen LogP contribution < -0.4 is 10.6 Å². The Hall–Kier alpha value is -1.06. The molecule has 1 aliphatic rings. The monoisotopic (exact) mass is 290 g/mol. The lowest BCUT2D eigenvalue weighted by molar-refractivity contribution is 0.0440. The minimum Gasteiger partial charge on any atom is -0.376 e. The molecule has 1 saturated heterocycles. The van der Waals surface area contributed by atoms with Gasteiger partial charge in [0.05, 0.1) is 6.10 Å². The molecule has 0 aliphatic carbocycles. The third kappa shape index (κ3) is 4.72. The molecule has 3 nitrogen and oxygen atoms in total. The van der Waals surface area contributed by atoms with Gasteiger partial charge >= 0.3 is 0 Å². The molecular weight excluding hydrogens is 260 g/mol. The lowest BCUT2D eigenvalue weighted by Gasteiger charge is -2.35. The van der Waals surface area contributed by atoms with Crippen molar-refractivity contribution >= 4 is 5.69 Å². The molecule has 2 rings (SSSR count). The van der Waals surface area contributed by atoms with E-state index < -0.39 is 0 Å². The van der Waals surface area contributed by atoms with Gasteiger partial charge in [0, 0.05) is 31.4 Å². The van der Waals surface area contributed by atoms with Gasteiger partial charge in [0.15, 0.2) is 0 Å². The summed E-state index contributed by atoms with van der Waals surface area (Å²) in [6.07, 6.45) is 5.86. The molecule has 1 fully saturated rings. The molecule has 2 atom stereocenters. The lowest BCUT2D eigenvalue weighted by atomic mass is 10.00. The number of nitrogens with two attached hydrogens (primary N) is 1. The van der Waals surface area contributed by atoms with Gasteiger partial charge in [-0.25, -0.2) is 0 Å². The van der Waals surface area contributed by atoms with Gasteiger partial charge in [-0.15, -0.1) is 0 Å². The molecule has 3 heteroatoms. The van der Waals surface area contributed by atoms with Crippen LogP contribution in [-0.4, -0.2) is 31.8 Å². The summed E-state index contributed by atoms with van der Waals surface area (Å²) < 4.78 is 5.96. The van der Waals surface area contributed by atoms with Crippen LogP contribution in [0.3, 0.4) is 0 Å². The smallest absolute Gasteiger partial charge is 0.0750 e. The molecule has 0 bridgehead atoms. The van der Waals surface area contributed by atoms with Gasteiger partial charge in [0.1, 0.15) is 0 Å². The highest BCUT2D eigenvalue weighted by Gasteiger charge is 2.22. The second-order valence-corrected chi connectivity index (χ2v) is 6.08. The number of rotatable bonds is 7. The van der Waals surface area contributed by atoms with Crippen LogP contribution in [0.4, 0.5) is 5.69 Å². The topological polar surface area (TPSA) is 38.5 Å². The number of benzene rings is 1. The summed E-state index contributed by atoms with van der Waals surface area (Å²) in [5.41, 5.74) is 8.88. The minimum atomic E-state index is 0.253. The molecule has 21 heavy (non-hydrogen) atoms. The molecule has 1 aliphatic heterocycles. The van der Waals surface area contributed by atoms with Crippen LogP contribution in [0.25, 0.3) is 0 Å². The summed E-state index contributed by atoms with van der Waals surface area (Å²) in [5.74, 6) is 0. The molecule has 1 heterocycles. The Bertz CT molecular complexity index is 421. The first-order valence-electron chi connectivity index (χ1n) is 8.44. The van der Waals surface area contributed by atoms with Crippen LogP contribution in [0.2, 0.25) is 0 Å². The number of hydrogen-bond acceptors (Lipinski definition) is 3. The fraction of sp³-hybridized carbons (Fsp3) is 0.667. The standard InChI is InChI=1S/C18H30N2O/c1-3-12-21-17-9-7-11-20(14-17)18-10-6-5-8-15(18)13-16(19)4-2/h5-6,8,10,16-17H,3-4,7,9,11-14,19H2,1-2H3. The summed E-state index contributed by atoms with van der Waals surface area (Å²) in [7, 11) is 0. The molecule has 0 aromatic heterocycles. The Kier molecular flexibility index (Phi) is 6.52. The van der Waals surface area contributed by atoms with E-state index in [1.165, 1.54) is 24.1 Å². The van der Waals surface area contributed by atoms with Gasteiger partial charge in [-0.1, -0.05) is 32.0 Å². The Morgan fingerprint density at radius 1 is 1.33 bits per heavy atom. The molecule has 2 N–H and O–H groups in total. The van der Waals surface area contributed by atoms with Crippen molar-refractivity contribution in [1.29, 1.82) is 0 Å². The van der Waals surface area contributed by atoms with Crippen molar-refractivity contribution in [3.05, 3.63) is 29.8 Å². The largest absolute Gasteiger partial charge is 0.376 e. The van der Waals surface area contributed by atoms with E-state index in [-0.39, 0.29) is 6.04 Å². The van der Waals surface area contributed by atoms with E-state index in [9.17, 15) is 0 Å². The molecule has 0 amide bonds. The van der Waals surface area contributed by atoms with Crippen LogP contribution in [0.5, 0.6) is 0 Å². The highest BCUT2D eigenvalue weighted by molar-refractivity contribution is 5.54. The molecule has 0 radical (unpaired) electrons. The summed E-state index contributed by atoms with van der Waals surface area (Å²) in [4.78, 5) is 2.49. The molecule has 0 spiro atoms. The number of para-hydroxylation sites is 1. The maximum Gasteiger partial charge on any atom is 0.0750 e. The summed E-state index contributed by atoms with van der Waals surface area (Å²) >= 11 is 0. The number of anilines is 1. The highest BCUT2D eigenvalue weighted by Crippen LogP contribution is 2.26.